The number of anilines is 2. The van der Waals surface area contributed by atoms with Gasteiger partial charge in [-0.25, -0.2) is 0 Å². The van der Waals surface area contributed by atoms with E-state index in [2.05, 4.69) is 75.0 Å². The standard InChI is InChI=1S/C30H32ClN5OS/c1-20-15-21(2)18-35(17-20)26-11-10-22(16-24(26)31)36-29(28(33-30(36)38)25-8-3-4-12-32-25)27-9-5-13-34(27)19-23-7-6-14-37-23/h3-14,16,20-21,28-29H,15,17-19H2,1-2H3,(H,33,38)/t20-,21-,28+,29+/m1/s1. The van der Waals surface area contributed by atoms with Crippen molar-refractivity contribution < 1.29 is 4.42 Å². The Labute approximate surface area is 234 Å². The van der Waals surface area contributed by atoms with Gasteiger partial charge >= 0.3 is 0 Å². The summed E-state index contributed by atoms with van der Waals surface area (Å²) in [5, 5.41) is 4.96. The van der Waals surface area contributed by atoms with Crippen molar-refractivity contribution >= 4 is 40.3 Å². The van der Waals surface area contributed by atoms with Crippen molar-refractivity contribution in [1.29, 1.82) is 0 Å². The molecule has 2 aliphatic heterocycles. The zero-order chi connectivity index (χ0) is 26.2. The number of nitrogens with one attached hydrogen (secondary N) is 1. The summed E-state index contributed by atoms with van der Waals surface area (Å²) < 4.78 is 7.88. The maximum atomic E-state index is 6.97. The minimum absolute atomic E-state index is 0.126. The number of aromatic nitrogens is 2. The van der Waals surface area contributed by atoms with E-state index in [4.69, 9.17) is 28.2 Å². The highest BCUT2D eigenvalue weighted by atomic mass is 35.5. The Morgan fingerprint density at radius 2 is 1.89 bits per heavy atom. The van der Waals surface area contributed by atoms with E-state index in [0.717, 1.165) is 46.6 Å². The predicted octanol–water partition coefficient (Wildman–Crippen LogP) is 6.84. The molecule has 5 heterocycles. The molecule has 8 heteroatoms. The molecule has 0 radical (unpaired) electrons. The number of halogens is 1. The summed E-state index contributed by atoms with van der Waals surface area (Å²) in [5.74, 6) is 2.19. The lowest BCUT2D eigenvalue weighted by atomic mass is 9.91. The van der Waals surface area contributed by atoms with Gasteiger partial charge in [0.05, 0.1) is 35.3 Å². The molecule has 0 amide bonds. The fraction of sp³-hybridized carbons (Fsp3) is 0.333. The summed E-state index contributed by atoms with van der Waals surface area (Å²) >= 11 is 12.9. The fourth-order valence-corrected chi connectivity index (χ4v) is 6.75. The van der Waals surface area contributed by atoms with Gasteiger partial charge in [0.25, 0.3) is 0 Å². The molecular formula is C30H32ClN5OS. The van der Waals surface area contributed by atoms with Crippen LogP contribution in [0.5, 0.6) is 0 Å². The lowest BCUT2D eigenvalue weighted by Crippen LogP contribution is -2.38. The number of thiocarbonyl (C=S) groups is 1. The first-order valence-corrected chi connectivity index (χ1v) is 14.0. The molecule has 4 atom stereocenters. The second-order valence-electron chi connectivity index (χ2n) is 10.6. The highest BCUT2D eigenvalue weighted by molar-refractivity contribution is 7.80. The molecule has 4 aromatic rings. The Bertz CT molecular complexity index is 1400. The lowest BCUT2D eigenvalue weighted by molar-refractivity contribution is 0.357. The predicted molar refractivity (Wildman–Crippen MR) is 157 cm³/mol. The fourth-order valence-electron chi connectivity index (χ4n) is 6.11. The third kappa shape index (κ3) is 4.81. The zero-order valence-corrected chi connectivity index (χ0v) is 23.2. The first kappa shape index (κ1) is 25.0. The van der Waals surface area contributed by atoms with E-state index in [9.17, 15) is 0 Å². The van der Waals surface area contributed by atoms with E-state index >= 15 is 0 Å². The average molecular weight is 546 g/mol. The van der Waals surface area contributed by atoms with E-state index in [1.54, 1.807) is 6.26 Å². The van der Waals surface area contributed by atoms with Gasteiger partial charge in [-0.05, 0) is 85.1 Å². The highest BCUT2D eigenvalue weighted by Crippen LogP contribution is 2.43. The molecule has 2 aliphatic rings. The Morgan fingerprint density at radius 1 is 1.05 bits per heavy atom. The number of rotatable bonds is 6. The van der Waals surface area contributed by atoms with Crippen LogP contribution in [0, 0.1) is 11.8 Å². The molecule has 2 fully saturated rings. The van der Waals surface area contributed by atoms with Crippen molar-refractivity contribution in [1.82, 2.24) is 14.9 Å². The number of piperidine rings is 1. The van der Waals surface area contributed by atoms with E-state index in [0.29, 0.717) is 23.5 Å². The normalized spacial score (nSPS) is 23.6. The molecule has 0 unspecified atom stereocenters. The van der Waals surface area contributed by atoms with Crippen LogP contribution < -0.4 is 15.1 Å². The minimum atomic E-state index is -0.129. The van der Waals surface area contributed by atoms with Gasteiger partial charge in [-0.15, -0.1) is 0 Å². The first-order chi connectivity index (χ1) is 18.5. The molecule has 6 nitrogen and oxygen atoms in total. The van der Waals surface area contributed by atoms with Crippen LogP contribution in [-0.4, -0.2) is 27.8 Å². The van der Waals surface area contributed by atoms with Crippen LogP contribution in [0.1, 0.15) is 49.5 Å². The first-order valence-electron chi connectivity index (χ1n) is 13.2. The zero-order valence-electron chi connectivity index (χ0n) is 21.6. The second-order valence-corrected chi connectivity index (χ2v) is 11.4. The van der Waals surface area contributed by atoms with Crippen molar-refractivity contribution in [2.75, 3.05) is 22.9 Å². The van der Waals surface area contributed by atoms with Gasteiger partial charge in [-0.3, -0.25) is 4.98 Å². The lowest BCUT2D eigenvalue weighted by Gasteiger charge is -2.37. The van der Waals surface area contributed by atoms with Crippen molar-refractivity contribution in [2.24, 2.45) is 11.8 Å². The summed E-state index contributed by atoms with van der Waals surface area (Å²) in [6, 6.07) is 20.2. The van der Waals surface area contributed by atoms with Crippen LogP contribution in [0.25, 0.3) is 0 Å². The molecule has 38 heavy (non-hydrogen) atoms. The summed E-state index contributed by atoms with van der Waals surface area (Å²) in [7, 11) is 0. The smallest absolute Gasteiger partial charge is 0.174 e. The second kappa shape index (κ2) is 10.5. The monoisotopic (exact) mass is 545 g/mol. The van der Waals surface area contributed by atoms with Crippen LogP contribution in [0.15, 0.2) is 83.7 Å². The largest absolute Gasteiger partial charge is 0.467 e. The molecule has 0 spiro atoms. The SMILES string of the molecule is C[C@@H]1C[C@@H](C)CN(c2ccc(N3C(=S)N[C@@H](c4ccccn4)[C@@H]3c3cccn3Cc3ccco3)cc2Cl)C1. The minimum Gasteiger partial charge on any atom is -0.467 e. The topological polar surface area (TPSA) is 49.5 Å². The number of pyridine rings is 1. The Hall–Kier alpha value is -3.29. The molecule has 0 bridgehead atoms. The number of furan rings is 1. The van der Waals surface area contributed by atoms with Gasteiger partial charge in [0.2, 0.25) is 0 Å². The molecule has 0 aliphatic carbocycles. The molecule has 0 saturated carbocycles. The van der Waals surface area contributed by atoms with Crippen molar-refractivity contribution in [3.63, 3.8) is 0 Å². The average Bonchev–Trinajstić information content (AvgIpc) is 3.65. The third-order valence-electron chi connectivity index (χ3n) is 7.59. The van der Waals surface area contributed by atoms with Gasteiger partial charge in [0, 0.05) is 36.9 Å². The number of benzene rings is 1. The Balaban J connectivity index is 1.39. The summed E-state index contributed by atoms with van der Waals surface area (Å²) in [5.41, 5.74) is 4.10. The molecule has 196 valence electrons. The van der Waals surface area contributed by atoms with Gasteiger partial charge < -0.3 is 24.1 Å². The Morgan fingerprint density at radius 3 is 2.61 bits per heavy atom. The number of hydrogen-bond acceptors (Lipinski definition) is 4. The molecule has 2 saturated heterocycles. The van der Waals surface area contributed by atoms with Crippen molar-refractivity contribution in [3.05, 3.63) is 101 Å². The number of nitrogens with zero attached hydrogens (tertiary/aromatic N) is 4. The van der Waals surface area contributed by atoms with Crippen LogP contribution in [0.2, 0.25) is 5.02 Å². The van der Waals surface area contributed by atoms with E-state index in [1.807, 2.05) is 36.5 Å². The van der Waals surface area contributed by atoms with Gasteiger partial charge in [-0.1, -0.05) is 31.5 Å². The van der Waals surface area contributed by atoms with E-state index in [1.165, 1.54) is 6.42 Å². The number of hydrogen-bond donors (Lipinski definition) is 1. The van der Waals surface area contributed by atoms with Crippen LogP contribution in [0.4, 0.5) is 11.4 Å². The summed E-state index contributed by atoms with van der Waals surface area (Å²) in [6.45, 7) is 7.32. The quantitative estimate of drug-likeness (QED) is 0.268. The highest BCUT2D eigenvalue weighted by Gasteiger charge is 2.42. The van der Waals surface area contributed by atoms with Crippen LogP contribution in [-0.2, 0) is 6.54 Å². The maximum Gasteiger partial charge on any atom is 0.174 e. The van der Waals surface area contributed by atoms with Crippen molar-refractivity contribution in [2.45, 2.75) is 38.9 Å². The summed E-state index contributed by atoms with van der Waals surface area (Å²) in [6.07, 6.45) is 6.88. The summed E-state index contributed by atoms with van der Waals surface area (Å²) in [4.78, 5) is 9.29. The van der Waals surface area contributed by atoms with E-state index < -0.39 is 0 Å². The molecule has 1 aromatic carbocycles. The van der Waals surface area contributed by atoms with Gasteiger partial charge in [0.15, 0.2) is 5.11 Å². The molecular weight excluding hydrogens is 514 g/mol. The third-order valence-corrected chi connectivity index (χ3v) is 8.21. The van der Waals surface area contributed by atoms with Gasteiger partial charge in [-0.2, -0.15) is 0 Å². The molecule has 3 aromatic heterocycles. The van der Waals surface area contributed by atoms with Gasteiger partial charge in [0.1, 0.15) is 11.8 Å². The Kier molecular flexibility index (Phi) is 6.89. The van der Waals surface area contributed by atoms with Crippen LogP contribution >= 0.6 is 23.8 Å². The maximum absolute atomic E-state index is 6.97. The molecule has 6 rings (SSSR count). The van der Waals surface area contributed by atoms with Crippen LogP contribution in [0.3, 0.4) is 0 Å². The van der Waals surface area contributed by atoms with E-state index in [-0.39, 0.29) is 12.1 Å². The van der Waals surface area contributed by atoms with Crippen molar-refractivity contribution in [3.8, 4) is 0 Å². The molecule has 1 N–H and O–H groups in total.